The second-order valence-electron chi connectivity index (χ2n) is 11.1. The topological polar surface area (TPSA) is 79.0 Å². The summed E-state index contributed by atoms with van der Waals surface area (Å²) in [6, 6.07) is 5.29. The first-order valence-electron chi connectivity index (χ1n) is 12.7. The highest BCUT2D eigenvalue weighted by Crippen LogP contribution is 2.69. The molecule has 2 heterocycles. The molecule has 0 aromatic heterocycles. The monoisotopic (exact) mass is 469 g/mol. The number of amides is 3. The van der Waals surface area contributed by atoms with Gasteiger partial charge in [0.25, 0.3) is 5.91 Å². The molecule has 3 atom stereocenters. The van der Waals surface area contributed by atoms with Crippen LogP contribution in [0.15, 0.2) is 18.2 Å². The first-order chi connectivity index (χ1) is 16.3. The van der Waals surface area contributed by atoms with E-state index in [2.05, 4.69) is 17.1 Å². The van der Waals surface area contributed by atoms with Crippen LogP contribution in [-0.4, -0.2) is 64.5 Å². The van der Waals surface area contributed by atoms with Gasteiger partial charge >= 0.3 is 0 Å². The van der Waals surface area contributed by atoms with Crippen molar-refractivity contribution >= 4 is 17.7 Å². The maximum atomic E-state index is 14.0. The highest BCUT2D eigenvalue weighted by Gasteiger charge is 2.69. The molecule has 1 saturated heterocycles. The number of hydrogen-bond donors (Lipinski definition) is 1. The number of alkyl halides is 1. The molecule has 2 aliphatic heterocycles. The van der Waals surface area contributed by atoms with Crippen molar-refractivity contribution in [1.82, 2.24) is 15.1 Å². The number of benzene rings is 1. The number of piperidine rings is 1. The van der Waals surface area contributed by atoms with E-state index >= 15 is 0 Å². The second kappa shape index (κ2) is 7.77. The number of nitrogens with one attached hydrogen (secondary N) is 1. The fourth-order valence-electron chi connectivity index (χ4n) is 7.18. The molecule has 5 fully saturated rings. The number of fused-ring (bicyclic) bond motifs is 1. The van der Waals surface area contributed by atoms with Gasteiger partial charge in [0.15, 0.2) is 0 Å². The second-order valence-corrected chi connectivity index (χ2v) is 11.1. The largest absolute Gasteiger partial charge is 0.489 e. The molecular formula is C26H32FN3O4. The summed E-state index contributed by atoms with van der Waals surface area (Å²) in [5, 5.41) is 2.34. The molecule has 4 aliphatic carbocycles. The number of ether oxygens (including phenoxy) is 1. The molecule has 1 aromatic carbocycles. The van der Waals surface area contributed by atoms with E-state index in [1.165, 1.54) is 0 Å². The lowest BCUT2D eigenvalue weighted by Crippen LogP contribution is -2.68. The lowest BCUT2D eigenvalue weighted by atomic mass is 9.42. The van der Waals surface area contributed by atoms with Crippen LogP contribution in [0.5, 0.6) is 5.75 Å². The number of hydrogen-bond acceptors (Lipinski definition) is 5. The standard InChI is InChI=1S/C26H32FN3O4/c1-2-29(15-25-12-26(27,13-25)14-25)19-4-3-5-21(19)34-17-6-7-18-16(10-17)11-30(24(18)33)20-8-9-22(31)28-23(20)32/h6-7,10,19-21H,2-5,8-9,11-15H2,1H3,(H,28,31,32)/t19-,20?,21+,25?,26?/m1/s1. The third-order valence-corrected chi connectivity index (χ3v) is 8.69. The van der Waals surface area contributed by atoms with E-state index in [0.29, 0.717) is 24.6 Å². The quantitative estimate of drug-likeness (QED) is 0.622. The zero-order valence-corrected chi connectivity index (χ0v) is 19.6. The number of halogens is 1. The molecule has 0 radical (unpaired) electrons. The number of likely N-dealkylation sites (N-methyl/N-ethyl adjacent to an activating group) is 1. The Balaban J connectivity index is 1.13. The third kappa shape index (κ3) is 3.53. The van der Waals surface area contributed by atoms with Gasteiger partial charge in [-0.3, -0.25) is 24.6 Å². The maximum absolute atomic E-state index is 14.0. The molecule has 1 unspecified atom stereocenters. The van der Waals surface area contributed by atoms with Gasteiger partial charge < -0.3 is 9.64 Å². The predicted molar refractivity (Wildman–Crippen MR) is 122 cm³/mol. The molecule has 8 heteroatoms. The van der Waals surface area contributed by atoms with Crippen LogP contribution in [0.25, 0.3) is 0 Å². The van der Waals surface area contributed by atoms with Crippen LogP contribution in [0.1, 0.15) is 74.2 Å². The summed E-state index contributed by atoms with van der Waals surface area (Å²) < 4.78 is 20.5. The Bertz CT molecular complexity index is 1040. The van der Waals surface area contributed by atoms with Gasteiger partial charge in [-0.15, -0.1) is 0 Å². The first kappa shape index (κ1) is 22.0. The Hall–Kier alpha value is -2.48. The van der Waals surface area contributed by atoms with E-state index in [0.717, 1.165) is 62.9 Å². The fourth-order valence-corrected chi connectivity index (χ4v) is 7.18. The van der Waals surface area contributed by atoms with Gasteiger partial charge in [-0.25, -0.2) is 4.39 Å². The van der Waals surface area contributed by atoms with E-state index < -0.39 is 17.6 Å². The summed E-state index contributed by atoms with van der Waals surface area (Å²) in [6.07, 6.45) is 6.02. The summed E-state index contributed by atoms with van der Waals surface area (Å²) >= 11 is 0. The van der Waals surface area contributed by atoms with Crippen LogP contribution in [-0.2, 0) is 16.1 Å². The van der Waals surface area contributed by atoms with Crippen molar-refractivity contribution in [2.75, 3.05) is 13.1 Å². The van der Waals surface area contributed by atoms with Crippen molar-refractivity contribution in [3.63, 3.8) is 0 Å². The lowest BCUT2D eigenvalue weighted by molar-refractivity contribution is -0.224. The number of rotatable bonds is 7. The fraction of sp³-hybridized carbons (Fsp3) is 0.654. The first-order valence-corrected chi connectivity index (χ1v) is 12.7. The zero-order valence-electron chi connectivity index (χ0n) is 19.6. The van der Waals surface area contributed by atoms with Gasteiger partial charge in [0.2, 0.25) is 11.8 Å². The van der Waals surface area contributed by atoms with Gasteiger partial charge in [0.1, 0.15) is 23.6 Å². The summed E-state index contributed by atoms with van der Waals surface area (Å²) in [6.45, 7) is 4.42. The molecule has 182 valence electrons. The number of carbonyl (C=O) groups is 3. The maximum Gasteiger partial charge on any atom is 0.255 e. The molecule has 4 saturated carbocycles. The Morgan fingerprint density at radius 1 is 1.18 bits per heavy atom. The van der Waals surface area contributed by atoms with E-state index in [1.54, 1.807) is 11.0 Å². The Morgan fingerprint density at radius 3 is 2.68 bits per heavy atom. The Morgan fingerprint density at radius 2 is 1.97 bits per heavy atom. The molecule has 1 aromatic rings. The minimum atomic E-state index is -0.867. The van der Waals surface area contributed by atoms with Crippen molar-refractivity contribution in [3.8, 4) is 5.75 Å². The zero-order chi connectivity index (χ0) is 23.7. The van der Waals surface area contributed by atoms with Crippen LogP contribution in [0.2, 0.25) is 0 Å². The molecule has 34 heavy (non-hydrogen) atoms. The molecule has 7 rings (SSSR count). The van der Waals surface area contributed by atoms with Crippen molar-refractivity contribution in [1.29, 1.82) is 0 Å². The summed E-state index contributed by atoms with van der Waals surface area (Å²) in [5.74, 6) is -0.106. The van der Waals surface area contributed by atoms with Gasteiger partial charge in [0, 0.05) is 31.1 Å². The van der Waals surface area contributed by atoms with Crippen LogP contribution >= 0.6 is 0 Å². The van der Waals surface area contributed by atoms with Crippen LogP contribution < -0.4 is 10.1 Å². The average Bonchev–Trinajstić information content (AvgIpc) is 3.34. The van der Waals surface area contributed by atoms with Gasteiger partial charge in [0.05, 0.1) is 0 Å². The molecule has 6 aliphatic rings. The highest BCUT2D eigenvalue weighted by atomic mass is 19.1. The Kier molecular flexibility index (Phi) is 5.03. The molecule has 7 nitrogen and oxygen atoms in total. The van der Waals surface area contributed by atoms with E-state index in [4.69, 9.17) is 4.74 Å². The number of carbonyl (C=O) groups excluding carboxylic acids is 3. The molecular weight excluding hydrogens is 437 g/mol. The molecule has 3 amide bonds. The summed E-state index contributed by atoms with van der Waals surface area (Å²) in [4.78, 5) is 40.8. The smallest absolute Gasteiger partial charge is 0.255 e. The van der Waals surface area contributed by atoms with Gasteiger partial charge in [-0.2, -0.15) is 0 Å². The van der Waals surface area contributed by atoms with Gasteiger partial charge in [-0.05, 0) is 80.7 Å². The third-order valence-electron chi connectivity index (χ3n) is 8.69. The molecule has 0 spiro atoms. The minimum Gasteiger partial charge on any atom is -0.489 e. The number of nitrogens with zero attached hydrogens (tertiary/aromatic N) is 2. The molecule has 1 N–H and O–H groups in total. The summed E-state index contributed by atoms with van der Waals surface area (Å²) in [5.41, 5.74) is 0.773. The number of imide groups is 1. The molecule has 2 bridgehead atoms. The van der Waals surface area contributed by atoms with Crippen molar-refractivity contribution in [3.05, 3.63) is 29.3 Å². The highest BCUT2D eigenvalue weighted by molar-refractivity contribution is 6.05. The summed E-state index contributed by atoms with van der Waals surface area (Å²) in [7, 11) is 0. The van der Waals surface area contributed by atoms with Crippen molar-refractivity contribution in [2.45, 2.75) is 88.7 Å². The van der Waals surface area contributed by atoms with E-state index in [9.17, 15) is 18.8 Å². The minimum absolute atomic E-state index is 0.0769. The Labute approximate surface area is 199 Å². The van der Waals surface area contributed by atoms with Crippen LogP contribution in [0.3, 0.4) is 0 Å². The lowest BCUT2D eigenvalue weighted by Gasteiger charge is -2.67. The van der Waals surface area contributed by atoms with Crippen LogP contribution in [0, 0.1) is 5.41 Å². The van der Waals surface area contributed by atoms with Crippen LogP contribution in [0.4, 0.5) is 4.39 Å². The van der Waals surface area contributed by atoms with Crippen molar-refractivity contribution < 1.29 is 23.5 Å². The normalized spacial score (nSPS) is 36.3. The van der Waals surface area contributed by atoms with Crippen molar-refractivity contribution in [2.24, 2.45) is 5.41 Å². The SMILES string of the molecule is CCN(CC12CC(F)(C1)C2)[C@@H]1CCC[C@@H]1Oc1ccc2c(c1)CN(C1CCC(=O)NC1=O)C2=O. The van der Waals surface area contributed by atoms with Gasteiger partial charge in [-0.1, -0.05) is 6.92 Å². The predicted octanol–water partition coefficient (Wildman–Crippen LogP) is 2.96. The van der Waals surface area contributed by atoms with E-state index in [-0.39, 0.29) is 29.8 Å². The van der Waals surface area contributed by atoms with E-state index in [1.807, 2.05) is 12.1 Å². The average molecular weight is 470 g/mol.